The van der Waals surface area contributed by atoms with Crippen LogP contribution in [0.4, 0.5) is 13.2 Å². The van der Waals surface area contributed by atoms with Gasteiger partial charge in [-0.3, -0.25) is 4.79 Å². The Balaban J connectivity index is 1.63. The van der Waals surface area contributed by atoms with Gasteiger partial charge in [0.1, 0.15) is 17.4 Å². The van der Waals surface area contributed by atoms with Crippen LogP contribution >= 0.6 is 0 Å². The molecule has 1 atom stereocenters. The summed E-state index contributed by atoms with van der Waals surface area (Å²) in [6, 6.07) is 6.56. The molecule has 30 heavy (non-hydrogen) atoms. The van der Waals surface area contributed by atoms with Crippen LogP contribution in [-0.2, 0) is 12.6 Å². The smallest absolute Gasteiger partial charge is 0.437 e. The average Bonchev–Trinajstić information content (AvgIpc) is 3.44. The van der Waals surface area contributed by atoms with Crippen molar-refractivity contribution in [2.45, 2.75) is 25.6 Å². The zero-order chi connectivity index (χ0) is 21.0. The molecule has 0 bridgehead atoms. The van der Waals surface area contributed by atoms with Gasteiger partial charge >= 0.3 is 6.18 Å². The van der Waals surface area contributed by atoms with Crippen molar-refractivity contribution < 1.29 is 26.8 Å². The predicted octanol–water partition coefficient (Wildman–Crippen LogP) is 4.26. The summed E-state index contributed by atoms with van der Waals surface area (Å²) in [5.41, 5.74) is 1.58. The SMILES string of the molecule is Cc1cccc2oc([C@@H]3c4nc[nH]c4CCN3C(=O)c3ocnc3C(F)(F)F)cc12. The number of fused-ring (bicyclic) bond motifs is 2. The molecule has 1 aliphatic rings. The standard InChI is InChI=1S/C20H15F3N4O3/c1-10-3-2-4-13-11(10)7-14(30-13)16-15-12(24-8-25-15)5-6-27(16)19(28)17-18(20(21,22)23)26-9-29-17/h2-4,7-9,16H,5-6H2,1H3,(H,24,25)/t16-/m1/s1. The fraction of sp³-hybridized carbons (Fsp3) is 0.250. The molecule has 1 amide bonds. The van der Waals surface area contributed by atoms with Gasteiger partial charge in [0.05, 0.1) is 12.0 Å². The van der Waals surface area contributed by atoms with E-state index in [0.29, 0.717) is 29.9 Å². The number of carbonyl (C=O) groups excluding carboxylic acids is 1. The number of imidazole rings is 1. The maximum Gasteiger partial charge on any atom is 0.437 e. The number of benzene rings is 1. The lowest BCUT2D eigenvalue weighted by Crippen LogP contribution is -2.41. The predicted molar refractivity (Wildman–Crippen MR) is 97.6 cm³/mol. The van der Waals surface area contributed by atoms with Crippen LogP contribution in [0.5, 0.6) is 0 Å². The van der Waals surface area contributed by atoms with Gasteiger partial charge < -0.3 is 18.7 Å². The Morgan fingerprint density at radius 1 is 1.30 bits per heavy atom. The lowest BCUT2D eigenvalue weighted by Gasteiger charge is -2.33. The second-order valence-electron chi connectivity index (χ2n) is 7.08. The van der Waals surface area contributed by atoms with E-state index in [4.69, 9.17) is 8.83 Å². The quantitative estimate of drug-likeness (QED) is 0.528. The number of rotatable bonds is 2. The van der Waals surface area contributed by atoms with Crippen LogP contribution in [0.1, 0.15) is 45.0 Å². The molecule has 10 heteroatoms. The van der Waals surface area contributed by atoms with Gasteiger partial charge in [-0.2, -0.15) is 13.2 Å². The molecule has 4 heterocycles. The number of aromatic amines is 1. The molecule has 0 aliphatic carbocycles. The number of aryl methyl sites for hydroxylation is 1. The Kier molecular flexibility index (Phi) is 3.99. The molecule has 3 aromatic heterocycles. The van der Waals surface area contributed by atoms with Gasteiger partial charge in [-0.25, -0.2) is 9.97 Å². The van der Waals surface area contributed by atoms with Crippen LogP contribution in [-0.4, -0.2) is 32.3 Å². The molecule has 0 unspecified atom stereocenters. The van der Waals surface area contributed by atoms with Gasteiger partial charge in [-0.05, 0) is 24.6 Å². The zero-order valence-electron chi connectivity index (χ0n) is 15.7. The number of alkyl halides is 3. The Morgan fingerprint density at radius 3 is 2.90 bits per heavy atom. The fourth-order valence-corrected chi connectivity index (χ4v) is 3.87. The van der Waals surface area contributed by atoms with Gasteiger partial charge in [0.25, 0.3) is 5.91 Å². The van der Waals surface area contributed by atoms with Crippen LogP contribution in [0.15, 0.2) is 45.8 Å². The summed E-state index contributed by atoms with van der Waals surface area (Å²) in [5, 5.41) is 0.859. The number of aromatic nitrogens is 3. The molecule has 0 fully saturated rings. The fourth-order valence-electron chi connectivity index (χ4n) is 3.87. The van der Waals surface area contributed by atoms with Gasteiger partial charge in [0.2, 0.25) is 5.76 Å². The first-order valence-corrected chi connectivity index (χ1v) is 9.17. The number of amides is 1. The highest BCUT2D eigenvalue weighted by Gasteiger charge is 2.44. The maximum absolute atomic E-state index is 13.3. The largest absolute Gasteiger partial charge is 0.458 e. The normalized spacial score (nSPS) is 16.8. The number of hydrogen-bond acceptors (Lipinski definition) is 5. The van der Waals surface area contributed by atoms with E-state index in [9.17, 15) is 18.0 Å². The average molecular weight is 416 g/mol. The minimum absolute atomic E-state index is 0.159. The summed E-state index contributed by atoms with van der Waals surface area (Å²) in [7, 11) is 0. The Morgan fingerprint density at radius 2 is 2.13 bits per heavy atom. The third-order valence-corrected chi connectivity index (χ3v) is 5.28. The van der Waals surface area contributed by atoms with Crippen molar-refractivity contribution in [2.24, 2.45) is 0 Å². The lowest BCUT2D eigenvalue weighted by atomic mass is 9.99. The van der Waals surface area contributed by atoms with Crippen molar-refractivity contribution >= 4 is 16.9 Å². The zero-order valence-corrected chi connectivity index (χ0v) is 15.7. The summed E-state index contributed by atoms with van der Waals surface area (Å²) in [6.45, 7) is 2.09. The first kappa shape index (κ1) is 18.5. The van der Waals surface area contributed by atoms with E-state index in [0.717, 1.165) is 16.6 Å². The number of carbonyl (C=O) groups is 1. The maximum atomic E-state index is 13.3. The number of hydrogen-bond donors (Lipinski definition) is 1. The summed E-state index contributed by atoms with van der Waals surface area (Å²) in [6.07, 6.45) is -2.28. The van der Waals surface area contributed by atoms with E-state index in [1.807, 2.05) is 19.1 Å². The van der Waals surface area contributed by atoms with E-state index < -0.39 is 29.6 Å². The second kappa shape index (κ2) is 6.48. The second-order valence-corrected chi connectivity index (χ2v) is 7.08. The molecule has 0 saturated carbocycles. The van der Waals surface area contributed by atoms with Crippen molar-refractivity contribution in [1.82, 2.24) is 19.9 Å². The summed E-state index contributed by atoms with van der Waals surface area (Å²) in [4.78, 5) is 25.0. The molecule has 1 aliphatic heterocycles. The number of furan rings is 1. The summed E-state index contributed by atoms with van der Waals surface area (Å²) < 4.78 is 50.7. The first-order valence-electron chi connectivity index (χ1n) is 9.17. The first-order chi connectivity index (χ1) is 14.3. The molecular formula is C20H15F3N4O3. The molecule has 1 aromatic carbocycles. The van der Waals surface area contributed by atoms with E-state index in [1.54, 1.807) is 12.1 Å². The van der Waals surface area contributed by atoms with Crippen LogP contribution in [0.25, 0.3) is 11.0 Å². The third kappa shape index (κ3) is 2.78. The van der Waals surface area contributed by atoms with E-state index in [2.05, 4.69) is 15.0 Å². The van der Waals surface area contributed by atoms with Crippen LogP contribution < -0.4 is 0 Å². The number of halogens is 3. The monoisotopic (exact) mass is 416 g/mol. The van der Waals surface area contributed by atoms with E-state index >= 15 is 0 Å². The molecule has 7 nitrogen and oxygen atoms in total. The summed E-state index contributed by atoms with van der Waals surface area (Å²) in [5.74, 6) is -1.36. The summed E-state index contributed by atoms with van der Waals surface area (Å²) >= 11 is 0. The third-order valence-electron chi connectivity index (χ3n) is 5.28. The lowest BCUT2D eigenvalue weighted by molar-refractivity contribution is -0.141. The molecular weight excluding hydrogens is 401 g/mol. The van der Waals surface area contributed by atoms with E-state index in [1.165, 1.54) is 11.2 Å². The molecule has 0 radical (unpaired) electrons. The Bertz CT molecular complexity index is 1250. The van der Waals surface area contributed by atoms with Gasteiger partial charge in [0.15, 0.2) is 12.1 Å². The van der Waals surface area contributed by atoms with Gasteiger partial charge in [-0.15, -0.1) is 0 Å². The van der Waals surface area contributed by atoms with Crippen molar-refractivity contribution in [3.8, 4) is 0 Å². The van der Waals surface area contributed by atoms with Crippen molar-refractivity contribution in [3.05, 3.63) is 71.2 Å². The van der Waals surface area contributed by atoms with Crippen LogP contribution in [0, 0.1) is 6.92 Å². The van der Waals surface area contributed by atoms with Crippen molar-refractivity contribution in [2.75, 3.05) is 6.54 Å². The highest BCUT2D eigenvalue weighted by Crippen LogP contribution is 2.39. The van der Waals surface area contributed by atoms with Crippen molar-refractivity contribution in [1.29, 1.82) is 0 Å². The van der Waals surface area contributed by atoms with Gasteiger partial charge in [-0.1, -0.05) is 12.1 Å². The topological polar surface area (TPSA) is 88.2 Å². The van der Waals surface area contributed by atoms with Crippen molar-refractivity contribution in [3.63, 3.8) is 0 Å². The van der Waals surface area contributed by atoms with Crippen LogP contribution in [0.2, 0.25) is 0 Å². The van der Waals surface area contributed by atoms with Crippen LogP contribution in [0.3, 0.4) is 0 Å². The highest BCUT2D eigenvalue weighted by atomic mass is 19.4. The minimum atomic E-state index is -4.81. The Labute approximate surface area is 167 Å². The number of oxazole rings is 1. The number of nitrogens with zero attached hydrogens (tertiary/aromatic N) is 3. The number of H-pyrrole nitrogens is 1. The minimum Gasteiger partial charge on any atom is -0.458 e. The molecule has 0 saturated heterocycles. The molecule has 154 valence electrons. The molecule has 1 N–H and O–H groups in total. The van der Waals surface area contributed by atoms with Gasteiger partial charge in [0, 0.05) is 24.0 Å². The molecule has 4 aromatic rings. The number of nitrogens with one attached hydrogen (secondary N) is 1. The molecule has 5 rings (SSSR count). The molecule has 0 spiro atoms. The van der Waals surface area contributed by atoms with E-state index in [-0.39, 0.29) is 6.54 Å². The Hall–Kier alpha value is -3.56. The highest BCUT2D eigenvalue weighted by molar-refractivity contribution is 5.93.